The summed E-state index contributed by atoms with van der Waals surface area (Å²) in [4.78, 5) is 12.5. The third kappa shape index (κ3) is 4.55. The largest absolute Gasteiger partial charge is 0.340 e. The molecule has 5 heteroatoms. The molecule has 3 heterocycles. The highest BCUT2D eigenvalue weighted by Gasteiger charge is 2.30. The summed E-state index contributed by atoms with van der Waals surface area (Å²) in [5.41, 5.74) is 7.95. The van der Waals surface area contributed by atoms with Gasteiger partial charge in [-0.2, -0.15) is 0 Å². The molecule has 0 saturated heterocycles. The SMILES string of the molecule is CN1C(c2ccccc2)=NC(c2ccc(-n3c4ccccc4c4ccc(-c5ccccc5)cc43)nc2)NC1c1ccccc1. The first-order chi connectivity index (χ1) is 21.7. The van der Waals surface area contributed by atoms with Gasteiger partial charge >= 0.3 is 0 Å². The van der Waals surface area contributed by atoms with E-state index in [4.69, 9.17) is 9.98 Å². The van der Waals surface area contributed by atoms with Crippen molar-refractivity contribution in [3.8, 4) is 16.9 Å². The molecule has 0 bridgehead atoms. The fraction of sp³-hybridized carbons (Fsp3) is 0.0769. The van der Waals surface area contributed by atoms with Gasteiger partial charge in [-0.25, -0.2) is 9.98 Å². The summed E-state index contributed by atoms with van der Waals surface area (Å²) in [5.74, 6) is 1.83. The quantitative estimate of drug-likeness (QED) is 0.226. The fourth-order valence-corrected chi connectivity index (χ4v) is 6.34. The van der Waals surface area contributed by atoms with Crippen LogP contribution in [-0.2, 0) is 0 Å². The number of aromatic nitrogens is 2. The molecule has 2 atom stereocenters. The number of nitrogens with zero attached hydrogens (tertiary/aromatic N) is 4. The lowest BCUT2D eigenvalue weighted by atomic mass is 10.0. The van der Waals surface area contributed by atoms with Crippen molar-refractivity contribution in [2.24, 2.45) is 4.99 Å². The van der Waals surface area contributed by atoms with Gasteiger partial charge in [-0.1, -0.05) is 127 Å². The number of amidine groups is 1. The Bertz CT molecular complexity index is 2100. The zero-order valence-corrected chi connectivity index (χ0v) is 24.4. The van der Waals surface area contributed by atoms with E-state index in [1.807, 2.05) is 12.3 Å². The molecule has 0 amide bonds. The topological polar surface area (TPSA) is 45.5 Å². The lowest BCUT2D eigenvalue weighted by Gasteiger charge is -2.39. The molecule has 8 rings (SSSR count). The standard InChI is InChI=1S/C39H31N5/c1-43-38(28-15-7-3-8-16-28)41-37(42-39(43)29-17-9-4-10-18-29)31-22-24-36(40-26-31)44-34-20-12-11-19-32(34)33-23-21-30(25-35(33)44)27-13-5-2-6-14-27/h2-26,37-38,41H,1H3. The molecule has 2 unspecified atom stereocenters. The van der Waals surface area contributed by atoms with E-state index in [2.05, 4.69) is 161 Å². The highest BCUT2D eigenvalue weighted by atomic mass is 15.4. The first-order valence-corrected chi connectivity index (χ1v) is 15.0. The number of hydrogen-bond donors (Lipinski definition) is 1. The van der Waals surface area contributed by atoms with Crippen molar-refractivity contribution < 1.29 is 0 Å². The number of aliphatic imine (C=N–C) groups is 1. The molecule has 0 fully saturated rings. The van der Waals surface area contributed by atoms with E-state index in [0.717, 1.165) is 33.8 Å². The van der Waals surface area contributed by atoms with E-state index in [1.54, 1.807) is 0 Å². The van der Waals surface area contributed by atoms with E-state index in [0.29, 0.717) is 0 Å². The van der Waals surface area contributed by atoms with Crippen LogP contribution >= 0.6 is 0 Å². The van der Waals surface area contributed by atoms with E-state index >= 15 is 0 Å². The van der Waals surface area contributed by atoms with Gasteiger partial charge in [-0.3, -0.25) is 9.88 Å². The second-order valence-electron chi connectivity index (χ2n) is 11.2. The summed E-state index contributed by atoms with van der Waals surface area (Å²) in [6.07, 6.45) is 1.67. The van der Waals surface area contributed by atoms with Gasteiger partial charge in [0, 0.05) is 35.1 Å². The lowest BCUT2D eigenvalue weighted by Crippen LogP contribution is -2.46. The molecule has 0 radical (unpaired) electrons. The summed E-state index contributed by atoms with van der Waals surface area (Å²) in [7, 11) is 2.10. The van der Waals surface area contributed by atoms with E-state index in [-0.39, 0.29) is 12.3 Å². The summed E-state index contributed by atoms with van der Waals surface area (Å²) in [5, 5.41) is 6.20. The van der Waals surface area contributed by atoms with Gasteiger partial charge in [-0.15, -0.1) is 0 Å². The van der Waals surface area contributed by atoms with E-state index in [1.165, 1.54) is 27.5 Å². The van der Waals surface area contributed by atoms with Crippen molar-refractivity contribution in [2.75, 3.05) is 7.05 Å². The predicted octanol–water partition coefficient (Wildman–Crippen LogP) is 8.52. The van der Waals surface area contributed by atoms with E-state index in [9.17, 15) is 0 Å². The Hall–Kier alpha value is -5.52. The number of pyridine rings is 1. The summed E-state index contributed by atoms with van der Waals surface area (Å²) in [6.45, 7) is 0. The van der Waals surface area contributed by atoms with Gasteiger partial charge < -0.3 is 4.90 Å². The van der Waals surface area contributed by atoms with Crippen molar-refractivity contribution in [1.29, 1.82) is 0 Å². The Kier molecular flexibility index (Phi) is 6.51. The minimum atomic E-state index is -0.254. The third-order valence-electron chi connectivity index (χ3n) is 8.53. The maximum atomic E-state index is 5.20. The second kappa shape index (κ2) is 11.0. The van der Waals surface area contributed by atoms with Crippen LogP contribution in [0.4, 0.5) is 0 Å². The maximum absolute atomic E-state index is 5.20. The first kappa shape index (κ1) is 26.1. The highest BCUT2D eigenvalue weighted by molar-refractivity contribution is 6.10. The van der Waals surface area contributed by atoms with Crippen molar-refractivity contribution in [2.45, 2.75) is 12.3 Å². The van der Waals surface area contributed by atoms with Crippen molar-refractivity contribution in [3.63, 3.8) is 0 Å². The number of para-hydroxylation sites is 1. The number of fused-ring (bicyclic) bond motifs is 3. The molecule has 44 heavy (non-hydrogen) atoms. The molecule has 1 aliphatic heterocycles. The van der Waals surface area contributed by atoms with Crippen LogP contribution in [0.25, 0.3) is 38.8 Å². The molecular formula is C39H31N5. The fourth-order valence-electron chi connectivity index (χ4n) is 6.34. The molecule has 1 aliphatic rings. The zero-order valence-electron chi connectivity index (χ0n) is 24.4. The van der Waals surface area contributed by atoms with Gasteiger partial charge in [0.1, 0.15) is 24.0 Å². The third-order valence-corrected chi connectivity index (χ3v) is 8.53. The molecular weight excluding hydrogens is 538 g/mol. The van der Waals surface area contributed by atoms with E-state index < -0.39 is 0 Å². The van der Waals surface area contributed by atoms with Crippen LogP contribution in [-0.4, -0.2) is 27.3 Å². The van der Waals surface area contributed by atoms with Crippen molar-refractivity contribution >= 4 is 27.6 Å². The molecule has 1 N–H and O–H groups in total. The van der Waals surface area contributed by atoms with Gasteiger partial charge in [0.25, 0.3) is 0 Å². The Morgan fingerprint density at radius 3 is 1.95 bits per heavy atom. The normalized spacial score (nSPS) is 16.8. The Balaban J connectivity index is 1.22. The summed E-state index contributed by atoms with van der Waals surface area (Å²) in [6, 6.07) is 51.0. The van der Waals surface area contributed by atoms with Crippen LogP contribution in [0.1, 0.15) is 29.0 Å². The van der Waals surface area contributed by atoms with Crippen LogP contribution in [0.2, 0.25) is 0 Å². The molecule has 5 aromatic carbocycles. The van der Waals surface area contributed by atoms with Gasteiger partial charge in [0.15, 0.2) is 0 Å². The predicted molar refractivity (Wildman–Crippen MR) is 180 cm³/mol. The monoisotopic (exact) mass is 569 g/mol. The Morgan fingerprint density at radius 2 is 1.23 bits per heavy atom. The van der Waals surface area contributed by atoms with Crippen LogP contribution in [0.15, 0.2) is 157 Å². The summed E-state index contributed by atoms with van der Waals surface area (Å²) < 4.78 is 2.27. The average molecular weight is 570 g/mol. The number of nitrogens with one attached hydrogen (secondary N) is 1. The van der Waals surface area contributed by atoms with Crippen LogP contribution < -0.4 is 5.32 Å². The minimum absolute atomic E-state index is 0.0395. The molecule has 2 aromatic heterocycles. The van der Waals surface area contributed by atoms with Crippen molar-refractivity contribution in [1.82, 2.24) is 19.8 Å². The van der Waals surface area contributed by atoms with Crippen molar-refractivity contribution in [3.05, 3.63) is 168 Å². The molecule has 5 nitrogen and oxygen atoms in total. The molecule has 7 aromatic rings. The lowest BCUT2D eigenvalue weighted by molar-refractivity contribution is 0.257. The highest BCUT2D eigenvalue weighted by Crippen LogP contribution is 2.35. The Morgan fingerprint density at radius 1 is 0.568 bits per heavy atom. The number of benzene rings is 5. The van der Waals surface area contributed by atoms with Crippen LogP contribution in [0.3, 0.4) is 0 Å². The molecule has 0 saturated carbocycles. The minimum Gasteiger partial charge on any atom is -0.340 e. The Labute approximate surface area is 256 Å². The van der Waals surface area contributed by atoms with Gasteiger partial charge in [0.05, 0.1) is 11.0 Å². The number of hydrogen-bond acceptors (Lipinski definition) is 4. The van der Waals surface area contributed by atoms with Crippen LogP contribution in [0, 0.1) is 0 Å². The number of rotatable bonds is 5. The molecule has 0 aliphatic carbocycles. The van der Waals surface area contributed by atoms with Gasteiger partial charge in [-0.05, 0) is 34.9 Å². The smallest absolute Gasteiger partial charge is 0.137 e. The molecule has 212 valence electrons. The zero-order chi connectivity index (χ0) is 29.5. The first-order valence-electron chi connectivity index (χ1n) is 15.0. The summed E-state index contributed by atoms with van der Waals surface area (Å²) >= 11 is 0. The van der Waals surface area contributed by atoms with Gasteiger partial charge in [0.2, 0.25) is 0 Å². The molecule has 0 spiro atoms. The maximum Gasteiger partial charge on any atom is 0.137 e. The van der Waals surface area contributed by atoms with Crippen LogP contribution in [0.5, 0.6) is 0 Å². The second-order valence-corrected chi connectivity index (χ2v) is 11.2. The average Bonchev–Trinajstić information content (AvgIpc) is 3.43.